The van der Waals surface area contributed by atoms with Gasteiger partial charge in [0, 0.05) is 0 Å². The lowest BCUT2D eigenvalue weighted by Crippen LogP contribution is -2.50. The molecule has 0 aliphatic rings. The first-order chi connectivity index (χ1) is 9.56. The number of carboxylic acids is 2. The van der Waals surface area contributed by atoms with Crippen LogP contribution in [0.25, 0.3) is 0 Å². The molecule has 0 heterocycles. The lowest BCUT2D eigenvalue weighted by Gasteiger charge is -2.48. The normalized spacial score (nSPS) is 15.5. The van der Waals surface area contributed by atoms with Crippen LogP contribution >= 0.6 is 0 Å². The molecular formula is C17H32O4. The molecule has 2 N–H and O–H groups in total. The maximum Gasteiger partial charge on any atom is 0.310 e. The quantitative estimate of drug-likeness (QED) is 0.619. The zero-order chi connectivity index (χ0) is 16.9. The van der Waals surface area contributed by atoms with Crippen molar-refractivity contribution in [3.8, 4) is 0 Å². The molecule has 0 radical (unpaired) electrons. The number of carboxylic acid groups (broad SMARTS) is 2. The topological polar surface area (TPSA) is 74.6 Å². The fraction of sp³-hybridized carbons (Fsp3) is 0.882. The number of carbonyl (C=O) groups is 2. The van der Waals surface area contributed by atoms with Gasteiger partial charge in [0.25, 0.3) is 0 Å². The van der Waals surface area contributed by atoms with Crippen molar-refractivity contribution in [2.45, 2.75) is 80.1 Å². The monoisotopic (exact) mass is 300 g/mol. The van der Waals surface area contributed by atoms with Crippen LogP contribution in [0.1, 0.15) is 80.1 Å². The van der Waals surface area contributed by atoms with Gasteiger partial charge in [0.15, 0.2) is 0 Å². The van der Waals surface area contributed by atoms with Crippen LogP contribution in [0.5, 0.6) is 0 Å². The fourth-order valence-corrected chi connectivity index (χ4v) is 3.31. The predicted molar refractivity (Wildman–Crippen MR) is 84.3 cm³/mol. The van der Waals surface area contributed by atoms with Crippen molar-refractivity contribution < 1.29 is 19.8 Å². The second-order valence-electron chi connectivity index (χ2n) is 6.92. The molecule has 0 saturated heterocycles. The average Bonchev–Trinajstić information content (AvgIpc) is 2.44. The molecule has 0 aliphatic heterocycles. The van der Waals surface area contributed by atoms with Crippen LogP contribution in [-0.4, -0.2) is 22.2 Å². The van der Waals surface area contributed by atoms with Crippen molar-refractivity contribution in [1.82, 2.24) is 0 Å². The van der Waals surface area contributed by atoms with E-state index in [-0.39, 0.29) is 11.8 Å². The summed E-state index contributed by atoms with van der Waals surface area (Å²) < 4.78 is 0. The first-order valence-electron chi connectivity index (χ1n) is 8.01. The molecule has 0 spiro atoms. The highest BCUT2D eigenvalue weighted by Gasteiger charge is 2.55. The lowest BCUT2D eigenvalue weighted by atomic mass is 9.54. The molecule has 0 bridgehead atoms. The first kappa shape index (κ1) is 19.9. The number of hydrogen-bond acceptors (Lipinski definition) is 2. The molecule has 1 atom stereocenters. The summed E-state index contributed by atoms with van der Waals surface area (Å²) in [6, 6.07) is 0. The average molecular weight is 300 g/mol. The van der Waals surface area contributed by atoms with E-state index in [4.69, 9.17) is 0 Å². The molecule has 0 amide bonds. The molecule has 0 fully saturated rings. The highest BCUT2D eigenvalue weighted by molar-refractivity contribution is 5.82. The van der Waals surface area contributed by atoms with Gasteiger partial charge >= 0.3 is 11.9 Å². The highest BCUT2D eigenvalue weighted by Crippen LogP contribution is 2.55. The van der Waals surface area contributed by atoms with Crippen LogP contribution in [0.15, 0.2) is 0 Å². The largest absolute Gasteiger partial charge is 0.481 e. The standard InChI is InChI=1S/C17H32O4/c1-7-15(5,8-2)12-17(14(20)21,11-13(18)19)16(6,9-3)10-4/h7-12H2,1-6H3,(H,18,19)(H,20,21). The summed E-state index contributed by atoms with van der Waals surface area (Å²) in [7, 11) is 0. The maximum absolute atomic E-state index is 12.2. The Labute approximate surface area is 128 Å². The SMILES string of the molecule is CCC(C)(CC)CC(CC(=O)O)(C(=O)O)C(C)(CC)CC. The van der Waals surface area contributed by atoms with Crippen LogP contribution in [0.3, 0.4) is 0 Å². The summed E-state index contributed by atoms with van der Waals surface area (Å²) in [5, 5.41) is 19.3. The molecule has 0 saturated carbocycles. The molecule has 4 heteroatoms. The van der Waals surface area contributed by atoms with E-state index in [0.29, 0.717) is 19.3 Å². The number of rotatable bonds is 10. The van der Waals surface area contributed by atoms with Crippen molar-refractivity contribution in [3.05, 3.63) is 0 Å². The van der Waals surface area contributed by atoms with E-state index < -0.39 is 22.8 Å². The Morgan fingerprint density at radius 1 is 0.857 bits per heavy atom. The van der Waals surface area contributed by atoms with Gasteiger partial charge in [0.2, 0.25) is 0 Å². The van der Waals surface area contributed by atoms with Gasteiger partial charge in [-0.05, 0) is 30.1 Å². The second kappa shape index (κ2) is 7.28. The van der Waals surface area contributed by atoms with Crippen LogP contribution in [0.2, 0.25) is 0 Å². The highest BCUT2D eigenvalue weighted by atomic mass is 16.4. The van der Waals surface area contributed by atoms with Crippen LogP contribution in [0.4, 0.5) is 0 Å². The molecule has 0 aromatic rings. The Kier molecular flexibility index (Phi) is 6.91. The summed E-state index contributed by atoms with van der Waals surface area (Å²) in [4.78, 5) is 23.6. The Morgan fingerprint density at radius 2 is 1.29 bits per heavy atom. The van der Waals surface area contributed by atoms with Gasteiger partial charge in [-0.2, -0.15) is 0 Å². The van der Waals surface area contributed by atoms with E-state index in [1.165, 1.54) is 0 Å². The minimum absolute atomic E-state index is 0.153. The fourth-order valence-electron chi connectivity index (χ4n) is 3.31. The summed E-state index contributed by atoms with van der Waals surface area (Å²) in [6.45, 7) is 12.0. The van der Waals surface area contributed by atoms with Crippen molar-refractivity contribution in [3.63, 3.8) is 0 Å². The zero-order valence-corrected chi connectivity index (χ0v) is 14.5. The first-order valence-corrected chi connectivity index (χ1v) is 8.01. The van der Waals surface area contributed by atoms with Crippen molar-refractivity contribution in [2.24, 2.45) is 16.2 Å². The van der Waals surface area contributed by atoms with Gasteiger partial charge in [0.05, 0.1) is 11.8 Å². The van der Waals surface area contributed by atoms with Crippen LogP contribution in [0, 0.1) is 16.2 Å². The zero-order valence-electron chi connectivity index (χ0n) is 14.5. The molecule has 21 heavy (non-hydrogen) atoms. The molecular weight excluding hydrogens is 268 g/mol. The Bertz CT molecular complexity index is 367. The van der Waals surface area contributed by atoms with E-state index in [9.17, 15) is 19.8 Å². The summed E-state index contributed by atoms with van der Waals surface area (Å²) >= 11 is 0. The second-order valence-corrected chi connectivity index (χ2v) is 6.92. The minimum Gasteiger partial charge on any atom is -0.481 e. The van der Waals surface area contributed by atoms with Gasteiger partial charge in [-0.25, -0.2) is 0 Å². The summed E-state index contributed by atoms with van der Waals surface area (Å²) in [5.41, 5.74) is -1.90. The van der Waals surface area contributed by atoms with E-state index >= 15 is 0 Å². The third-order valence-corrected chi connectivity index (χ3v) is 6.01. The van der Waals surface area contributed by atoms with Gasteiger partial charge in [-0.3, -0.25) is 9.59 Å². The van der Waals surface area contributed by atoms with Crippen molar-refractivity contribution in [1.29, 1.82) is 0 Å². The third-order valence-electron chi connectivity index (χ3n) is 6.01. The molecule has 0 aromatic carbocycles. The van der Waals surface area contributed by atoms with Crippen LogP contribution < -0.4 is 0 Å². The van der Waals surface area contributed by atoms with Gasteiger partial charge in [-0.15, -0.1) is 0 Å². The van der Waals surface area contributed by atoms with Gasteiger partial charge < -0.3 is 10.2 Å². The van der Waals surface area contributed by atoms with E-state index in [0.717, 1.165) is 12.8 Å². The van der Waals surface area contributed by atoms with Gasteiger partial charge in [-0.1, -0.05) is 54.4 Å². The molecule has 0 rings (SSSR count). The Morgan fingerprint density at radius 3 is 1.52 bits per heavy atom. The van der Waals surface area contributed by atoms with Crippen molar-refractivity contribution in [2.75, 3.05) is 0 Å². The lowest BCUT2D eigenvalue weighted by molar-refractivity contribution is -0.170. The smallest absolute Gasteiger partial charge is 0.310 e. The molecule has 124 valence electrons. The Balaban J connectivity index is 6.05. The molecule has 1 unspecified atom stereocenters. The summed E-state index contributed by atoms with van der Waals surface area (Å²) in [6.07, 6.45) is 3.12. The third kappa shape index (κ3) is 3.98. The Hall–Kier alpha value is -1.06. The predicted octanol–water partition coefficient (Wildman–Crippen LogP) is 4.57. The van der Waals surface area contributed by atoms with Gasteiger partial charge in [0.1, 0.15) is 0 Å². The minimum atomic E-state index is -1.22. The molecule has 0 aromatic heterocycles. The number of aliphatic carboxylic acids is 2. The van der Waals surface area contributed by atoms with E-state index in [1.54, 1.807) is 0 Å². The van der Waals surface area contributed by atoms with E-state index in [2.05, 4.69) is 6.92 Å². The van der Waals surface area contributed by atoms with E-state index in [1.807, 2.05) is 34.6 Å². The maximum atomic E-state index is 12.2. The molecule has 0 aliphatic carbocycles. The molecule has 4 nitrogen and oxygen atoms in total. The van der Waals surface area contributed by atoms with Crippen LogP contribution in [-0.2, 0) is 9.59 Å². The van der Waals surface area contributed by atoms with Crippen molar-refractivity contribution >= 4 is 11.9 Å². The summed E-state index contributed by atoms with van der Waals surface area (Å²) in [5.74, 6) is -2.00. The number of hydrogen-bond donors (Lipinski definition) is 2.